The Hall–Kier alpha value is -1.15. The van der Waals surface area contributed by atoms with Crippen LogP contribution < -0.4 is 0 Å². The maximum Gasteiger partial charge on any atom is 0.138 e. The first-order chi connectivity index (χ1) is 6.61. The van der Waals surface area contributed by atoms with E-state index in [1.807, 2.05) is 49.3 Å². The molecular weight excluding hydrogens is 174 g/mol. The largest absolute Gasteiger partial charge is 0.308 e. The molecule has 0 N–H and O–H groups in total. The fraction of sp³-hybridized carbons (Fsp3) is 0.417. The van der Waals surface area contributed by atoms with Gasteiger partial charge in [-0.15, -0.1) is 0 Å². The second-order valence-corrected chi connectivity index (χ2v) is 3.84. The summed E-state index contributed by atoms with van der Waals surface area (Å²) >= 11 is 0. The van der Waals surface area contributed by atoms with Gasteiger partial charge in [0, 0.05) is 6.54 Å². The normalized spacial score (nSPS) is 12.9. The van der Waals surface area contributed by atoms with Crippen LogP contribution in [0.25, 0.3) is 0 Å². The molecule has 1 unspecified atom stereocenters. The van der Waals surface area contributed by atoms with Gasteiger partial charge in [-0.05, 0) is 26.6 Å². The maximum absolute atomic E-state index is 11.5. The van der Waals surface area contributed by atoms with Crippen LogP contribution in [0.5, 0.6) is 0 Å². The summed E-state index contributed by atoms with van der Waals surface area (Å²) in [5.41, 5.74) is 1.11. The average Bonchev–Trinajstić information content (AvgIpc) is 2.15. The average molecular weight is 191 g/mol. The number of carbonyl (C=O) groups is 1. The van der Waals surface area contributed by atoms with Crippen LogP contribution in [0.15, 0.2) is 30.3 Å². The van der Waals surface area contributed by atoms with Gasteiger partial charge in [-0.25, -0.2) is 0 Å². The van der Waals surface area contributed by atoms with Crippen molar-refractivity contribution in [2.24, 2.45) is 0 Å². The number of carbonyl (C=O) groups excluding carboxylic acids is 1. The zero-order chi connectivity index (χ0) is 10.6. The zero-order valence-electron chi connectivity index (χ0n) is 9.03. The molecule has 0 spiro atoms. The SMILES string of the molecule is CC(=O)C(CN(C)C)c1ccccc1. The molecule has 1 aromatic carbocycles. The van der Waals surface area contributed by atoms with Crippen molar-refractivity contribution in [2.75, 3.05) is 20.6 Å². The molecule has 76 valence electrons. The third-order valence-electron chi connectivity index (χ3n) is 2.24. The third-order valence-corrected chi connectivity index (χ3v) is 2.24. The van der Waals surface area contributed by atoms with Gasteiger partial charge in [0.1, 0.15) is 5.78 Å². The van der Waals surface area contributed by atoms with E-state index in [0.29, 0.717) is 0 Å². The Morgan fingerprint density at radius 3 is 2.29 bits per heavy atom. The summed E-state index contributed by atoms with van der Waals surface area (Å²) < 4.78 is 0. The summed E-state index contributed by atoms with van der Waals surface area (Å²) in [6, 6.07) is 9.93. The van der Waals surface area contributed by atoms with Gasteiger partial charge in [-0.1, -0.05) is 30.3 Å². The number of benzene rings is 1. The van der Waals surface area contributed by atoms with Crippen LogP contribution in [0.1, 0.15) is 18.4 Å². The van der Waals surface area contributed by atoms with E-state index in [2.05, 4.69) is 0 Å². The van der Waals surface area contributed by atoms with Gasteiger partial charge in [-0.2, -0.15) is 0 Å². The Morgan fingerprint density at radius 1 is 1.29 bits per heavy atom. The first-order valence-corrected chi connectivity index (χ1v) is 4.81. The summed E-state index contributed by atoms with van der Waals surface area (Å²) in [5, 5.41) is 0. The molecule has 0 bridgehead atoms. The molecule has 14 heavy (non-hydrogen) atoms. The Balaban J connectivity index is 2.84. The molecule has 1 rings (SSSR count). The maximum atomic E-state index is 11.5. The molecule has 0 aliphatic carbocycles. The van der Waals surface area contributed by atoms with Crippen molar-refractivity contribution in [3.05, 3.63) is 35.9 Å². The minimum Gasteiger partial charge on any atom is -0.308 e. The summed E-state index contributed by atoms with van der Waals surface area (Å²) in [7, 11) is 3.97. The van der Waals surface area contributed by atoms with E-state index in [9.17, 15) is 4.79 Å². The minimum atomic E-state index is 0.00574. The van der Waals surface area contributed by atoms with Crippen LogP contribution in [-0.2, 0) is 4.79 Å². The predicted octanol–water partition coefficient (Wildman–Crippen LogP) is 1.92. The molecule has 0 aliphatic rings. The number of hydrogen-bond donors (Lipinski definition) is 0. The molecule has 2 nitrogen and oxygen atoms in total. The van der Waals surface area contributed by atoms with Crippen molar-refractivity contribution in [3.63, 3.8) is 0 Å². The zero-order valence-corrected chi connectivity index (χ0v) is 9.03. The number of hydrogen-bond acceptors (Lipinski definition) is 2. The topological polar surface area (TPSA) is 20.3 Å². The number of ketones is 1. The van der Waals surface area contributed by atoms with E-state index < -0.39 is 0 Å². The van der Waals surface area contributed by atoms with Crippen LogP contribution in [-0.4, -0.2) is 31.3 Å². The Morgan fingerprint density at radius 2 is 1.86 bits per heavy atom. The quantitative estimate of drug-likeness (QED) is 0.724. The number of rotatable bonds is 4. The van der Waals surface area contributed by atoms with Crippen LogP contribution in [0.4, 0.5) is 0 Å². The minimum absolute atomic E-state index is 0.00574. The monoisotopic (exact) mass is 191 g/mol. The molecule has 0 heterocycles. The molecule has 0 amide bonds. The summed E-state index contributed by atoms with van der Waals surface area (Å²) in [5.74, 6) is 0.232. The molecule has 0 saturated heterocycles. The van der Waals surface area contributed by atoms with Crippen LogP contribution in [0.3, 0.4) is 0 Å². The third kappa shape index (κ3) is 2.96. The van der Waals surface area contributed by atoms with Crippen molar-refractivity contribution in [1.82, 2.24) is 4.90 Å². The molecular formula is C12H17NO. The van der Waals surface area contributed by atoms with Crippen molar-refractivity contribution < 1.29 is 4.79 Å². The fourth-order valence-corrected chi connectivity index (χ4v) is 1.52. The summed E-state index contributed by atoms with van der Waals surface area (Å²) in [6.45, 7) is 2.43. The molecule has 0 radical (unpaired) electrons. The summed E-state index contributed by atoms with van der Waals surface area (Å²) in [6.07, 6.45) is 0. The second kappa shape index (κ2) is 4.91. The van der Waals surface area contributed by atoms with Gasteiger partial charge in [0.2, 0.25) is 0 Å². The van der Waals surface area contributed by atoms with E-state index in [0.717, 1.165) is 12.1 Å². The van der Waals surface area contributed by atoms with Crippen molar-refractivity contribution in [2.45, 2.75) is 12.8 Å². The highest BCUT2D eigenvalue weighted by Crippen LogP contribution is 2.16. The van der Waals surface area contributed by atoms with Crippen LogP contribution in [0, 0.1) is 0 Å². The smallest absolute Gasteiger partial charge is 0.138 e. The number of likely N-dealkylation sites (N-methyl/N-ethyl adjacent to an activating group) is 1. The fourth-order valence-electron chi connectivity index (χ4n) is 1.52. The van der Waals surface area contributed by atoms with E-state index in [1.165, 1.54) is 0 Å². The highest BCUT2D eigenvalue weighted by molar-refractivity contribution is 5.83. The molecule has 1 atom stereocenters. The van der Waals surface area contributed by atoms with Crippen molar-refractivity contribution in [1.29, 1.82) is 0 Å². The molecule has 0 saturated carbocycles. The van der Waals surface area contributed by atoms with Gasteiger partial charge < -0.3 is 4.90 Å². The number of Topliss-reactive ketones (excluding diaryl/α,β-unsaturated/α-hetero) is 1. The van der Waals surface area contributed by atoms with E-state index in [-0.39, 0.29) is 11.7 Å². The van der Waals surface area contributed by atoms with Crippen LogP contribution in [0.2, 0.25) is 0 Å². The van der Waals surface area contributed by atoms with Gasteiger partial charge in [0.15, 0.2) is 0 Å². The van der Waals surface area contributed by atoms with Gasteiger partial charge in [-0.3, -0.25) is 4.79 Å². The Kier molecular flexibility index (Phi) is 3.84. The highest BCUT2D eigenvalue weighted by Gasteiger charge is 2.16. The predicted molar refractivity (Wildman–Crippen MR) is 58.4 cm³/mol. The lowest BCUT2D eigenvalue weighted by Crippen LogP contribution is -2.24. The van der Waals surface area contributed by atoms with E-state index in [1.54, 1.807) is 6.92 Å². The van der Waals surface area contributed by atoms with E-state index in [4.69, 9.17) is 0 Å². The van der Waals surface area contributed by atoms with Gasteiger partial charge in [0.05, 0.1) is 5.92 Å². The first kappa shape index (κ1) is 10.9. The molecule has 0 aromatic heterocycles. The van der Waals surface area contributed by atoms with Crippen molar-refractivity contribution >= 4 is 5.78 Å². The molecule has 2 heteroatoms. The Labute approximate surface area is 85.5 Å². The van der Waals surface area contributed by atoms with Crippen LogP contribution >= 0.6 is 0 Å². The Bertz CT molecular complexity index is 292. The van der Waals surface area contributed by atoms with Crippen molar-refractivity contribution in [3.8, 4) is 0 Å². The standard InChI is InChI=1S/C12H17NO/c1-10(14)12(9-13(2)3)11-7-5-4-6-8-11/h4-8,12H,9H2,1-3H3. The first-order valence-electron chi connectivity index (χ1n) is 4.81. The lowest BCUT2D eigenvalue weighted by Gasteiger charge is -2.18. The second-order valence-electron chi connectivity index (χ2n) is 3.84. The summed E-state index contributed by atoms with van der Waals surface area (Å²) in [4.78, 5) is 13.5. The van der Waals surface area contributed by atoms with E-state index >= 15 is 0 Å². The molecule has 0 aliphatic heterocycles. The molecule has 1 aromatic rings. The number of nitrogens with zero attached hydrogens (tertiary/aromatic N) is 1. The lowest BCUT2D eigenvalue weighted by atomic mass is 9.95. The van der Waals surface area contributed by atoms with Gasteiger partial charge in [0.25, 0.3) is 0 Å². The highest BCUT2D eigenvalue weighted by atomic mass is 16.1. The molecule has 0 fully saturated rings. The lowest BCUT2D eigenvalue weighted by molar-refractivity contribution is -0.118. The van der Waals surface area contributed by atoms with Gasteiger partial charge >= 0.3 is 0 Å².